The second kappa shape index (κ2) is 5.54. The molecule has 0 unspecified atom stereocenters. The lowest BCUT2D eigenvalue weighted by Gasteiger charge is -2.09. The summed E-state index contributed by atoms with van der Waals surface area (Å²) in [5, 5.41) is 7.27. The van der Waals surface area contributed by atoms with E-state index in [0.717, 1.165) is 4.47 Å². The first kappa shape index (κ1) is 13.6. The van der Waals surface area contributed by atoms with Gasteiger partial charge in [0.15, 0.2) is 5.65 Å². The van der Waals surface area contributed by atoms with E-state index in [9.17, 15) is 4.39 Å². The number of aromatic nitrogens is 3. The average molecular weight is 345 g/mol. The number of halogens is 2. The molecule has 104 valence electrons. The summed E-state index contributed by atoms with van der Waals surface area (Å²) >= 11 is 3.39. The quantitative estimate of drug-likeness (QED) is 0.741. The molecule has 0 aliphatic carbocycles. The molecule has 2 aromatic heterocycles. The van der Waals surface area contributed by atoms with E-state index in [-0.39, 0.29) is 5.82 Å². The largest absolute Gasteiger partial charge is 0.359 e. The van der Waals surface area contributed by atoms with E-state index in [1.165, 1.54) is 6.07 Å². The van der Waals surface area contributed by atoms with Crippen LogP contribution < -0.4 is 5.32 Å². The lowest BCUT2D eigenvalue weighted by Crippen LogP contribution is -2.06. The zero-order chi connectivity index (χ0) is 14.8. The van der Waals surface area contributed by atoms with Crippen LogP contribution in [0.3, 0.4) is 0 Å². The molecule has 6 heteroatoms. The SMILES string of the molecule is C#CCNc1cc(-c2ccccc2F)nc2c(Br)cnn12. The molecular weight excluding hydrogens is 335 g/mol. The van der Waals surface area contributed by atoms with Gasteiger partial charge in [0, 0.05) is 11.6 Å². The summed E-state index contributed by atoms with van der Waals surface area (Å²) in [5.41, 5.74) is 1.54. The molecule has 0 aliphatic rings. The maximum atomic E-state index is 14.0. The van der Waals surface area contributed by atoms with Crippen LogP contribution in [0.1, 0.15) is 0 Å². The lowest BCUT2D eigenvalue weighted by atomic mass is 10.1. The first-order chi connectivity index (χ1) is 10.2. The van der Waals surface area contributed by atoms with Crippen LogP contribution in [0.2, 0.25) is 0 Å². The van der Waals surface area contributed by atoms with Crippen molar-refractivity contribution in [2.75, 3.05) is 11.9 Å². The molecule has 2 heterocycles. The maximum Gasteiger partial charge on any atom is 0.172 e. The molecule has 21 heavy (non-hydrogen) atoms. The Morgan fingerprint density at radius 3 is 2.95 bits per heavy atom. The van der Waals surface area contributed by atoms with Gasteiger partial charge in [-0.05, 0) is 28.1 Å². The van der Waals surface area contributed by atoms with Gasteiger partial charge in [0.25, 0.3) is 0 Å². The smallest absolute Gasteiger partial charge is 0.172 e. The Balaban J connectivity index is 2.22. The van der Waals surface area contributed by atoms with Crippen molar-refractivity contribution in [2.45, 2.75) is 0 Å². The fourth-order valence-corrected chi connectivity index (χ4v) is 2.36. The molecule has 0 saturated heterocycles. The topological polar surface area (TPSA) is 42.2 Å². The van der Waals surface area contributed by atoms with E-state index in [0.29, 0.717) is 29.3 Å². The highest BCUT2D eigenvalue weighted by Crippen LogP contribution is 2.27. The molecular formula is C15H10BrFN4. The first-order valence-corrected chi connectivity index (χ1v) is 6.96. The van der Waals surface area contributed by atoms with Crippen molar-refractivity contribution in [3.8, 4) is 23.6 Å². The van der Waals surface area contributed by atoms with Crippen molar-refractivity contribution in [2.24, 2.45) is 0 Å². The number of nitrogens with zero attached hydrogens (tertiary/aromatic N) is 3. The van der Waals surface area contributed by atoms with E-state index >= 15 is 0 Å². The highest BCUT2D eigenvalue weighted by atomic mass is 79.9. The maximum absolute atomic E-state index is 14.0. The second-order valence-electron chi connectivity index (χ2n) is 4.29. The van der Waals surface area contributed by atoms with Gasteiger partial charge in [-0.3, -0.25) is 0 Å². The Morgan fingerprint density at radius 2 is 2.19 bits per heavy atom. The van der Waals surface area contributed by atoms with Crippen LogP contribution in [-0.4, -0.2) is 21.1 Å². The molecule has 0 aliphatic heterocycles. The second-order valence-corrected chi connectivity index (χ2v) is 5.15. The fraction of sp³-hybridized carbons (Fsp3) is 0.0667. The molecule has 0 amide bonds. The monoisotopic (exact) mass is 344 g/mol. The molecule has 0 saturated carbocycles. The predicted molar refractivity (Wildman–Crippen MR) is 83.4 cm³/mol. The van der Waals surface area contributed by atoms with Gasteiger partial charge in [-0.25, -0.2) is 9.37 Å². The molecule has 4 nitrogen and oxygen atoms in total. The number of terminal acetylenes is 1. The van der Waals surface area contributed by atoms with E-state index in [4.69, 9.17) is 6.42 Å². The molecule has 0 atom stereocenters. The van der Waals surface area contributed by atoms with Crippen LogP contribution in [0.25, 0.3) is 16.9 Å². The number of rotatable bonds is 3. The van der Waals surface area contributed by atoms with Crippen molar-refractivity contribution in [3.63, 3.8) is 0 Å². The van der Waals surface area contributed by atoms with Gasteiger partial charge in [0.1, 0.15) is 11.6 Å². The third kappa shape index (κ3) is 2.48. The number of hydrogen-bond donors (Lipinski definition) is 1. The number of nitrogens with one attached hydrogen (secondary N) is 1. The summed E-state index contributed by atoms with van der Waals surface area (Å²) in [6, 6.07) is 8.22. The highest BCUT2D eigenvalue weighted by molar-refractivity contribution is 9.10. The molecule has 1 aromatic carbocycles. The van der Waals surface area contributed by atoms with Crippen molar-refractivity contribution < 1.29 is 4.39 Å². The fourth-order valence-electron chi connectivity index (χ4n) is 2.01. The zero-order valence-corrected chi connectivity index (χ0v) is 12.4. The van der Waals surface area contributed by atoms with Crippen LogP contribution >= 0.6 is 15.9 Å². The number of fused-ring (bicyclic) bond motifs is 1. The zero-order valence-electron chi connectivity index (χ0n) is 10.8. The van der Waals surface area contributed by atoms with Crippen molar-refractivity contribution in [1.29, 1.82) is 0 Å². The number of hydrogen-bond acceptors (Lipinski definition) is 3. The standard InChI is InChI=1S/C15H10BrFN4/c1-2-7-18-14-8-13(10-5-3-4-6-12(10)17)20-15-11(16)9-19-21(14)15/h1,3-6,8-9,18H,7H2. The van der Waals surface area contributed by atoms with Gasteiger partial charge in [0.05, 0.1) is 22.9 Å². The van der Waals surface area contributed by atoms with E-state index in [1.807, 2.05) is 0 Å². The summed E-state index contributed by atoms with van der Waals surface area (Å²) < 4.78 is 16.3. The minimum Gasteiger partial charge on any atom is -0.359 e. The van der Waals surface area contributed by atoms with Gasteiger partial charge >= 0.3 is 0 Å². The predicted octanol–water partition coefficient (Wildman–Crippen LogP) is 3.34. The van der Waals surface area contributed by atoms with Crippen LogP contribution in [0.5, 0.6) is 0 Å². The van der Waals surface area contributed by atoms with Crippen LogP contribution in [0.4, 0.5) is 10.2 Å². The van der Waals surface area contributed by atoms with E-state index < -0.39 is 0 Å². The summed E-state index contributed by atoms with van der Waals surface area (Å²) in [6.07, 6.45) is 6.91. The van der Waals surface area contributed by atoms with Crippen LogP contribution in [0.15, 0.2) is 41.0 Å². The van der Waals surface area contributed by atoms with E-state index in [2.05, 4.69) is 37.2 Å². The molecule has 0 spiro atoms. The van der Waals surface area contributed by atoms with Crippen molar-refractivity contribution in [3.05, 3.63) is 46.8 Å². The Kier molecular flexibility index (Phi) is 3.59. The first-order valence-electron chi connectivity index (χ1n) is 6.17. The summed E-state index contributed by atoms with van der Waals surface area (Å²) in [5.74, 6) is 2.83. The molecule has 0 radical (unpaired) electrons. The van der Waals surface area contributed by atoms with Crippen LogP contribution in [-0.2, 0) is 0 Å². The molecule has 0 fully saturated rings. The normalized spacial score (nSPS) is 10.5. The minimum absolute atomic E-state index is 0.326. The Labute approximate surface area is 129 Å². The summed E-state index contributed by atoms with van der Waals surface area (Å²) in [6.45, 7) is 0.341. The Bertz CT molecular complexity index is 850. The third-order valence-electron chi connectivity index (χ3n) is 2.95. The Hall–Kier alpha value is -2.39. The Morgan fingerprint density at radius 1 is 1.38 bits per heavy atom. The van der Waals surface area contributed by atoms with Crippen molar-refractivity contribution in [1.82, 2.24) is 14.6 Å². The summed E-state index contributed by atoms with van der Waals surface area (Å²) in [7, 11) is 0. The van der Waals surface area contributed by atoms with Gasteiger partial charge in [-0.15, -0.1) is 6.42 Å². The van der Waals surface area contributed by atoms with Gasteiger partial charge < -0.3 is 5.32 Å². The summed E-state index contributed by atoms with van der Waals surface area (Å²) in [4.78, 5) is 4.46. The minimum atomic E-state index is -0.326. The molecule has 3 rings (SSSR count). The number of anilines is 1. The third-order valence-corrected chi connectivity index (χ3v) is 3.51. The van der Waals surface area contributed by atoms with E-state index in [1.54, 1.807) is 35.0 Å². The highest BCUT2D eigenvalue weighted by Gasteiger charge is 2.13. The van der Waals surface area contributed by atoms with Gasteiger partial charge in [-0.2, -0.15) is 9.61 Å². The van der Waals surface area contributed by atoms with Gasteiger partial charge in [-0.1, -0.05) is 18.1 Å². The van der Waals surface area contributed by atoms with Crippen molar-refractivity contribution >= 4 is 27.4 Å². The molecule has 0 bridgehead atoms. The molecule has 1 N–H and O–H groups in total. The average Bonchev–Trinajstić information content (AvgIpc) is 2.87. The lowest BCUT2D eigenvalue weighted by molar-refractivity contribution is 0.630. The molecule has 3 aromatic rings. The van der Waals surface area contributed by atoms with Gasteiger partial charge in [0.2, 0.25) is 0 Å². The number of benzene rings is 1. The van der Waals surface area contributed by atoms with Crippen LogP contribution in [0, 0.1) is 18.2 Å².